The lowest BCUT2D eigenvalue weighted by molar-refractivity contribution is -0.128. The van der Waals surface area contributed by atoms with E-state index in [1.54, 1.807) is 0 Å². The Kier molecular flexibility index (Phi) is 4.82. The molecule has 0 aliphatic carbocycles. The first kappa shape index (κ1) is 15.3. The molecule has 0 aromatic rings. The van der Waals surface area contributed by atoms with Crippen molar-refractivity contribution < 1.29 is 9.53 Å². The third-order valence-electron chi connectivity index (χ3n) is 5.31. The van der Waals surface area contributed by atoms with Gasteiger partial charge in [0.1, 0.15) is 0 Å². The number of carbonyl (C=O) groups excluding carboxylic acids is 1. The maximum atomic E-state index is 12.6. The van der Waals surface area contributed by atoms with Crippen LogP contribution in [0.5, 0.6) is 0 Å². The van der Waals surface area contributed by atoms with Crippen molar-refractivity contribution >= 4 is 5.91 Å². The van der Waals surface area contributed by atoms with Crippen LogP contribution >= 0.6 is 0 Å². The molecular formula is C16H29N3O2. The topological polar surface area (TPSA) is 53.6 Å². The van der Waals surface area contributed by atoms with Gasteiger partial charge in [0.05, 0.1) is 18.2 Å². The van der Waals surface area contributed by atoms with E-state index in [1.165, 1.54) is 19.4 Å². The van der Waals surface area contributed by atoms with Crippen LogP contribution in [-0.4, -0.2) is 61.3 Å². The second-order valence-electron chi connectivity index (χ2n) is 6.82. The van der Waals surface area contributed by atoms with Gasteiger partial charge in [0.15, 0.2) is 0 Å². The maximum Gasteiger partial charge on any atom is 0.240 e. The number of amides is 1. The third kappa shape index (κ3) is 3.25. The van der Waals surface area contributed by atoms with E-state index < -0.39 is 0 Å². The van der Waals surface area contributed by atoms with Crippen molar-refractivity contribution in [3.05, 3.63) is 0 Å². The minimum absolute atomic E-state index is 0.156. The summed E-state index contributed by atoms with van der Waals surface area (Å²) in [6.45, 7) is 6.75. The summed E-state index contributed by atoms with van der Waals surface area (Å²) >= 11 is 0. The standard InChI is InChI=1S/C16H29N3O2/c1-2-6-16(7-4-8-18-16)15(20)17-10-14-11-19-9-3-5-13(19)12-21-14/h13-14,18H,2-12H2,1H3,(H,17,20). The molecule has 3 aliphatic rings. The third-order valence-corrected chi connectivity index (χ3v) is 5.31. The number of ether oxygens (including phenoxy) is 1. The summed E-state index contributed by atoms with van der Waals surface area (Å²) in [6, 6.07) is 0.625. The Hall–Kier alpha value is -0.650. The van der Waals surface area contributed by atoms with E-state index in [1.807, 2.05) is 0 Å². The molecule has 0 radical (unpaired) electrons. The van der Waals surface area contributed by atoms with E-state index in [0.717, 1.165) is 45.4 Å². The highest BCUT2D eigenvalue weighted by molar-refractivity contribution is 5.86. The Bertz CT molecular complexity index is 369. The Morgan fingerprint density at radius 1 is 1.48 bits per heavy atom. The van der Waals surface area contributed by atoms with E-state index in [0.29, 0.717) is 12.6 Å². The molecule has 0 bridgehead atoms. The van der Waals surface area contributed by atoms with Crippen LogP contribution in [0.3, 0.4) is 0 Å². The summed E-state index contributed by atoms with van der Waals surface area (Å²) in [5.74, 6) is 0.175. The van der Waals surface area contributed by atoms with Gasteiger partial charge in [-0.15, -0.1) is 0 Å². The monoisotopic (exact) mass is 295 g/mol. The van der Waals surface area contributed by atoms with Crippen molar-refractivity contribution in [3.8, 4) is 0 Å². The minimum Gasteiger partial charge on any atom is -0.373 e. The molecule has 3 fully saturated rings. The quantitative estimate of drug-likeness (QED) is 0.791. The number of nitrogens with zero attached hydrogens (tertiary/aromatic N) is 1. The maximum absolute atomic E-state index is 12.6. The average Bonchev–Trinajstić information content (AvgIpc) is 3.14. The number of rotatable bonds is 5. The van der Waals surface area contributed by atoms with Gasteiger partial charge in [-0.1, -0.05) is 13.3 Å². The summed E-state index contributed by atoms with van der Waals surface area (Å²) in [5.41, 5.74) is -0.320. The molecule has 0 aromatic heterocycles. The van der Waals surface area contributed by atoms with E-state index >= 15 is 0 Å². The van der Waals surface area contributed by atoms with E-state index in [9.17, 15) is 4.79 Å². The first-order chi connectivity index (χ1) is 10.2. The second-order valence-corrected chi connectivity index (χ2v) is 6.82. The molecule has 1 amide bonds. The summed E-state index contributed by atoms with van der Waals surface area (Å²) in [5, 5.41) is 6.58. The Morgan fingerprint density at radius 2 is 2.38 bits per heavy atom. The molecule has 5 nitrogen and oxygen atoms in total. The summed E-state index contributed by atoms with van der Waals surface area (Å²) in [6.07, 6.45) is 6.74. The van der Waals surface area contributed by atoms with Crippen molar-refractivity contribution in [1.29, 1.82) is 0 Å². The van der Waals surface area contributed by atoms with Crippen molar-refractivity contribution in [3.63, 3.8) is 0 Å². The molecule has 0 aromatic carbocycles. The molecule has 3 unspecified atom stereocenters. The number of nitrogens with one attached hydrogen (secondary N) is 2. The summed E-state index contributed by atoms with van der Waals surface area (Å²) in [7, 11) is 0. The normalized spacial score (nSPS) is 36.6. The van der Waals surface area contributed by atoms with Gasteiger partial charge in [-0.3, -0.25) is 9.69 Å². The van der Waals surface area contributed by atoms with Crippen LogP contribution in [-0.2, 0) is 9.53 Å². The summed E-state index contributed by atoms with van der Waals surface area (Å²) in [4.78, 5) is 15.1. The van der Waals surface area contributed by atoms with Crippen molar-refractivity contribution in [2.45, 2.75) is 63.1 Å². The molecule has 2 N–H and O–H groups in total. The van der Waals surface area contributed by atoms with Crippen molar-refractivity contribution in [2.75, 3.05) is 32.8 Å². The van der Waals surface area contributed by atoms with E-state index in [-0.39, 0.29) is 17.6 Å². The van der Waals surface area contributed by atoms with Crippen LogP contribution in [0.15, 0.2) is 0 Å². The van der Waals surface area contributed by atoms with Gasteiger partial charge < -0.3 is 15.4 Å². The lowest BCUT2D eigenvalue weighted by Crippen LogP contribution is -2.56. The largest absolute Gasteiger partial charge is 0.373 e. The van der Waals surface area contributed by atoms with Crippen LogP contribution in [0.1, 0.15) is 45.4 Å². The molecule has 0 saturated carbocycles. The molecule has 3 atom stereocenters. The molecule has 120 valence electrons. The number of carbonyl (C=O) groups is 1. The van der Waals surface area contributed by atoms with E-state index in [2.05, 4.69) is 22.5 Å². The van der Waals surface area contributed by atoms with Crippen molar-refractivity contribution in [1.82, 2.24) is 15.5 Å². The molecule has 21 heavy (non-hydrogen) atoms. The lowest BCUT2D eigenvalue weighted by Gasteiger charge is -2.36. The SMILES string of the molecule is CCCC1(C(=O)NCC2CN3CCCC3CO2)CCCN1. The fourth-order valence-corrected chi connectivity index (χ4v) is 4.14. The van der Waals surface area contributed by atoms with Gasteiger partial charge >= 0.3 is 0 Å². The Balaban J connectivity index is 1.49. The predicted molar refractivity (Wildman–Crippen MR) is 82.2 cm³/mol. The minimum atomic E-state index is -0.320. The molecule has 3 saturated heterocycles. The zero-order valence-corrected chi connectivity index (χ0v) is 13.2. The van der Waals surface area contributed by atoms with Crippen LogP contribution in [0, 0.1) is 0 Å². The van der Waals surface area contributed by atoms with Gasteiger partial charge in [-0.25, -0.2) is 0 Å². The zero-order chi connectivity index (χ0) is 14.7. The van der Waals surface area contributed by atoms with Gasteiger partial charge in [0.2, 0.25) is 5.91 Å². The van der Waals surface area contributed by atoms with Crippen LogP contribution < -0.4 is 10.6 Å². The lowest BCUT2D eigenvalue weighted by atomic mass is 9.91. The Morgan fingerprint density at radius 3 is 3.14 bits per heavy atom. The molecular weight excluding hydrogens is 266 g/mol. The zero-order valence-electron chi connectivity index (χ0n) is 13.2. The second kappa shape index (κ2) is 6.63. The van der Waals surface area contributed by atoms with Gasteiger partial charge in [0.25, 0.3) is 0 Å². The highest BCUT2D eigenvalue weighted by atomic mass is 16.5. The fraction of sp³-hybridized carbons (Fsp3) is 0.938. The van der Waals surface area contributed by atoms with Crippen LogP contribution in [0.25, 0.3) is 0 Å². The van der Waals surface area contributed by atoms with Crippen LogP contribution in [0.4, 0.5) is 0 Å². The van der Waals surface area contributed by atoms with Gasteiger partial charge in [-0.05, 0) is 45.2 Å². The van der Waals surface area contributed by atoms with Crippen LogP contribution in [0.2, 0.25) is 0 Å². The first-order valence-corrected chi connectivity index (χ1v) is 8.62. The molecule has 3 aliphatic heterocycles. The Labute approximate surface area is 127 Å². The number of morpholine rings is 1. The van der Waals surface area contributed by atoms with Gasteiger partial charge in [-0.2, -0.15) is 0 Å². The smallest absolute Gasteiger partial charge is 0.240 e. The molecule has 0 spiro atoms. The predicted octanol–water partition coefficient (Wildman–Crippen LogP) is 0.888. The number of fused-ring (bicyclic) bond motifs is 1. The van der Waals surface area contributed by atoms with E-state index in [4.69, 9.17) is 4.74 Å². The van der Waals surface area contributed by atoms with Gasteiger partial charge in [0, 0.05) is 19.1 Å². The molecule has 3 rings (SSSR count). The number of hydrogen-bond donors (Lipinski definition) is 2. The fourth-order valence-electron chi connectivity index (χ4n) is 4.14. The highest BCUT2D eigenvalue weighted by Gasteiger charge is 2.40. The highest BCUT2D eigenvalue weighted by Crippen LogP contribution is 2.25. The molecule has 3 heterocycles. The summed E-state index contributed by atoms with van der Waals surface area (Å²) < 4.78 is 5.92. The number of hydrogen-bond acceptors (Lipinski definition) is 4. The van der Waals surface area contributed by atoms with Crippen molar-refractivity contribution in [2.24, 2.45) is 0 Å². The average molecular weight is 295 g/mol. The molecule has 5 heteroatoms. The first-order valence-electron chi connectivity index (χ1n) is 8.62.